The highest BCUT2D eigenvalue weighted by molar-refractivity contribution is 6.10. The molecule has 1 heterocycles. The van der Waals surface area contributed by atoms with Gasteiger partial charge in [-0.15, -0.1) is 0 Å². The standard InChI is InChI=1S/C62H42N2/c1-3-18-44(19-4-1)53-39-34-46-22-9-10-24-52(46)62(53)47-32-35-49(36-33-47)63(50-37-31-43-17-7-8-23-48(43)41-50)51-38-40-54(58(42-51)45-20-5-2-6-21-45)55-25-11-14-28-59(55)64-60-29-15-12-26-56(60)57-27-13-16-30-61(57)64/h1-42H. The van der Waals surface area contributed by atoms with Gasteiger partial charge in [0.05, 0.1) is 16.7 Å². The highest BCUT2D eigenvalue weighted by Gasteiger charge is 2.21. The van der Waals surface area contributed by atoms with E-state index < -0.39 is 0 Å². The van der Waals surface area contributed by atoms with Gasteiger partial charge in [0.2, 0.25) is 0 Å². The quantitative estimate of drug-likeness (QED) is 0.148. The summed E-state index contributed by atoms with van der Waals surface area (Å²) in [5.41, 5.74) is 16.3. The molecule has 0 aliphatic carbocycles. The van der Waals surface area contributed by atoms with Gasteiger partial charge in [-0.3, -0.25) is 0 Å². The van der Waals surface area contributed by atoms with E-state index in [1.165, 1.54) is 76.7 Å². The molecule has 300 valence electrons. The number of benzene rings is 11. The minimum Gasteiger partial charge on any atom is -0.310 e. The Bertz CT molecular complexity index is 3610. The van der Waals surface area contributed by atoms with Crippen LogP contribution in [-0.2, 0) is 0 Å². The summed E-state index contributed by atoms with van der Waals surface area (Å²) in [6.45, 7) is 0. The summed E-state index contributed by atoms with van der Waals surface area (Å²) in [7, 11) is 0. The van der Waals surface area contributed by atoms with Gasteiger partial charge in [-0.1, -0.05) is 200 Å². The minimum atomic E-state index is 1.08. The number of fused-ring (bicyclic) bond motifs is 5. The fourth-order valence-corrected chi connectivity index (χ4v) is 9.82. The van der Waals surface area contributed by atoms with Gasteiger partial charge in [0, 0.05) is 33.4 Å². The molecule has 0 spiro atoms. The van der Waals surface area contributed by atoms with E-state index in [0.717, 1.165) is 33.9 Å². The molecule has 0 fully saturated rings. The van der Waals surface area contributed by atoms with Crippen LogP contribution in [0.25, 0.3) is 93.5 Å². The summed E-state index contributed by atoms with van der Waals surface area (Å²) in [6.07, 6.45) is 0. The van der Waals surface area contributed by atoms with E-state index in [9.17, 15) is 0 Å². The van der Waals surface area contributed by atoms with Crippen LogP contribution in [-0.4, -0.2) is 4.57 Å². The van der Waals surface area contributed by atoms with Gasteiger partial charge in [-0.25, -0.2) is 0 Å². The summed E-state index contributed by atoms with van der Waals surface area (Å²) in [5, 5.41) is 7.39. The van der Waals surface area contributed by atoms with Crippen molar-refractivity contribution in [1.29, 1.82) is 0 Å². The Kier molecular flexibility index (Phi) is 9.20. The number of para-hydroxylation sites is 3. The van der Waals surface area contributed by atoms with Crippen molar-refractivity contribution < 1.29 is 0 Å². The molecule has 0 amide bonds. The van der Waals surface area contributed by atoms with E-state index in [1.54, 1.807) is 0 Å². The third-order valence-corrected chi connectivity index (χ3v) is 12.8. The molecule has 0 aliphatic rings. The summed E-state index contributed by atoms with van der Waals surface area (Å²) in [5.74, 6) is 0. The van der Waals surface area contributed by atoms with Crippen LogP contribution in [0.1, 0.15) is 0 Å². The first-order valence-corrected chi connectivity index (χ1v) is 22.0. The van der Waals surface area contributed by atoms with Crippen molar-refractivity contribution in [2.45, 2.75) is 0 Å². The second kappa shape index (κ2) is 15.8. The summed E-state index contributed by atoms with van der Waals surface area (Å²) in [6, 6.07) is 92.8. The van der Waals surface area contributed by atoms with E-state index in [1.807, 2.05) is 0 Å². The van der Waals surface area contributed by atoms with Gasteiger partial charge >= 0.3 is 0 Å². The Morgan fingerprint density at radius 3 is 1.48 bits per heavy atom. The van der Waals surface area contributed by atoms with Gasteiger partial charge in [0.15, 0.2) is 0 Å². The van der Waals surface area contributed by atoms with Gasteiger partial charge in [0.25, 0.3) is 0 Å². The largest absolute Gasteiger partial charge is 0.310 e. The molecule has 0 saturated carbocycles. The molecular formula is C62H42N2. The second-order valence-electron chi connectivity index (χ2n) is 16.5. The second-order valence-corrected chi connectivity index (χ2v) is 16.5. The zero-order valence-electron chi connectivity index (χ0n) is 35.1. The van der Waals surface area contributed by atoms with Crippen LogP contribution in [0.5, 0.6) is 0 Å². The highest BCUT2D eigenvalue weighted by Crippen LogP contribution is 2.45. The highest BCUT2D eigenvalue weighted by atomic mass is 15.1. The third-order valence-electron chi connectivity index (χ3n) is 12.8. The van der Waals surface area contributed by atoms with Crippen molar-refractivity contribution in [3.05, 3.63) is 255 Å². The van der Waals surface area contributed by atoms with Gasteiger partial charge in [-0.2, -0.15) is 0 Å². The van der Waals surface area contributed by atoms with Crippen molar-refractivity contribution in [2.24, 2.45) is 0 Å². The molecule has 0 radical (unpaired) electrons. The molecule has 2 nitrogen and oxygen atoms in total. The number of aromatic nitrogens is 1. The molecular weight excluding hydrogens is 773 g/mol. The van der Waals surface area contributed by atoms with Crippen LogP contribution >= 0.6 is 0 Å². The molecule has 2 heteroatoms. The number of hydrogen-bond acceptors (Lipinski definition) is 1. The lowest BCUT2D eigenvalue weighted by atomic mass is 9.89. The first-order valence-electron chi connectivity index (χ1n) is 22.0. The van der Waals surface area contributed by atoms with Crippen LogP contribution in [0.2, 0.25) is 0 Å². The number of anilines is 3. The molecule has 0 atom stereocenters. The van der Waals surface area contributed by atoms with E-state index in [2.05, 4.69) is 264 Å². The van der Waals surface area contributed by atoms with E-state index in [4.69, 9.17) is 0 Å². The molecule has 12 rings (SSSR count). The molecule has 1 aromatic heterocycles. The zero-order chi connectivity index (χ0) is 42.4. The average molecular weight is 815 g/mol. The Morgan fingerprint density at radius 2 is 0.766 bits per heavy atom. The predicted octanol–water partition coefficient (Wildman–Crippen LogP) is 17.2. The molecule has 64 heavy (non-hydrogen) atoms. The van der Waals surface area contributed by atoms with E-state index in [0.29, 0.717) is 0 Å². The molecule has 12 aromatic rings. The number of hydrogen-bond donors (Lipinski definition) is 0. The Balaban J connectivity index is 1.05. The lowest BCUT2D eigenvalue weighted by Crippen LogP contribution is -2.10. The summed E-state index contributed by atoms with van der Waals surface area (Å²) >= 11 is 0. The average Bonchev–Trinajstić information content (AvgIpc) is 3.71. The van der Waals surface area contributed by atoms with Crippen LogP contribution in [0.4, 0.5) is 17.1 Å². The zero-order valence-corrected chi connectivity index (χ0v) is 35.1. The van der Waals surface area contributed by atoms with Crippen LogP contribution in [0, 0.1) is 0 Å². The monoisotopic (exact) mass is 814 g/mol. The Labute approximate surface area is 373 Å². The predicted molar refractivity (Wildman–Crippen MR) is 272 cm³/mol. The smallest absolute Gasteiger partial charge is 0.0541 e. The molecule has 11 aromatic carbocycles. The maximum atomic E-state index is 2.44. The van der Waals surface area contributed by atoms with Gasteiger partial charge in [-0.05, 0) is 115 Å². The molecule has 0 N–H and O–H groups in total. The van der Waals surface area contributed by atoms with Gasteiger partial charge in [0.1, 0.15) is 0 Å². The fourth-order valence-electron chi connectivity index (χ4n) is 9.82. The van der Waals surface area contributed by atoms with Gasteiger partial charge < -0.3 is 9.47 Å². The fraction of sp³-hybridized carbons (Fsp3) is 0. The maximum absolute atomic E-state index is 2.44. The van der Waals surface area contributed by atoms with Crippen LogP contribution in [0.3, 0.4) is 0 Å². The molecule has 0 aliphatic heterocycles. The summed E-state index contributed by atoms with van der Waals surface area (Å²) in [4.78, 5) is 2.41. The van der Waals surface area contributed by atoms with Crippen molar-refractivity contribution in [3.63, 3.8) is 0 Å². The first kappa shape index (κ1) is 37.3. The number of nitrogens with zero attached hydrogens (tertiary/aromatic N) is 2. The third kappa shape index (κ3) is 6.44. The maximum Gasteiger partial charge on any atom is 0.0541 e. The van der Waals surface area contributed by atoms with Crippen molar-refractivity contribution >= 4 is 60.4 Å². The van der Waals surface area contributed by atoms with E-state index in [-0.39, 0.29) is 0 Å². The Morgan fingerprint density at radius 1 is 0.266 bits per heavy atom. The SMILES string of the molecule is c1ccc(-c2cc(N(c3ccc(-c4c(-c5ccccc5)ccc5ccccc45)cc3)c3ccc4ccccc4c3)ccc2-c2ccccc2-n2c3ccccc3c3ccccc32)cc1. The van der Waals surface area contributed by atoms with E-state index >= 15 is 0 Å². The number of rotatable bonds is 8. The molecule has 0 bridgehead atoms. The topological polar surface area (TPSA) is 8.17 Å². The van der Waals surface area contributed by atoms with Crippen LogP contribution < -0.4 is 4.90 Å². The first-order chi connectivity index (χ1) is 31.8. The Hall–Kier alpha value is -8.46. The van der Waals surface area contributed by atoms with Crippen molar-refractivity contribution in [1.82, 2.24) is 4.57 Å². The van der Waals surface area contributed by atoms with Crippen molar-refractivity contribution in [2.75, 3.05) is 4.90 Å². The minimum absolute atomic E-state index is 1.08. The lowest BCUT2D eigenvalue weighted by molar-refractivity contribution is 1.18. The van der Waals surface area contributed by atoms with Crippen molar-refractivity contribution in [3.8, 4) is 50.2 Å². The molecule has 0 saturated heterocycles. The summed E-state index contributed by atoms with van der Waals surface area (Å²) < 4.78 is 2.44. The normalized spacial score (nSPS) is 11.4. The van der Waals surface area contributed by atoms with Crippen LogP contribution in [0.15, 0.2) is 255 Å². The molecule has 0 unspecified atom stereocenters. The lowest BCUT2D eigenvalue weighted by Gasteiger charge is -2.28.